The van der Waals surface area contributed by atoms with Crippen LogP contribution < -0.4 is 10.1 Å². The predicted octanol–water partition coefficient (Wildman–Crippen LogP) is 4.47. The largest absolute Gasteiger partial charge is 0.495 e. The van der Waals surface area contributed by atoms with Gasteiger partial charge in [0.15, 0.2) is 11.0 Å². The quantitative estimate of drug-likeness (QED) is 0.827. The van der Waals surface area contributed by atoms with Crippen molar-refractivity contribution in [3.63, 3.8) is 0 Å². The molecule has 1 heterocycles. The smallest absolute Gasteiger partial charge is 0.187 e. The Balaban J connectivity index is 2.36. The van der Waals surface area contributed by atoms with E-state index >= 15 is 0 Å². The molecular formula is C9H6Br2ClN3OS. The van der Waals surface area contributed by atoms with Gasteiger partial charge in [0.05, 0.1) is 29.0 Å². The van der Waals surface area contributed by atoms with Crippen molar-refractivity contribution in [2.45, 2.75) is 0 Å². The fraction of sp³-hybridized carbons (Fsp3) is 0.111. The molecule has 0 spiro atoms. The second-order valence-electron chi connectivity index (χ2n) is 3.00. The normalized spacial score (nSPS) is 10.4. The van der Waals surface area contributed by atoms with Crippen LogP contribution in [0.5, 0.6) is 5.75 Å². The van der Waals surface area contributed by atoms with Crippen molar-refractivity contribution >= 4 is 66.7 Å². The first kappa shape index (κ1) is 13.1. The van der Waals surface area contributed by atoms with Crippen molar-refractivity contribution < 1.29 is 4.74 Å². The molecule has 2 rings (SSSR count). The summed E-state index contributed by atoms with van der Waals surface area (Å²) in [7, 11) is 1.61. The third kappa shape index (κ3) is 2.90. The van der Waals surface area contributed by atoms with Gasteiger partial charge in [-0.05, 0) is 37.9 Å². The summed E-state index contributed by atoms with van der Waals surface area (Å²) in [5.74, 6) is 1.25. The number of hydrogen-bond acceptors (Lipinski definition) is 5. The van der Waals surface area contributed by atoms with Crippen molar-refractivity contribution in [1.29, 1.82) is 0 Å². The lowest BCUT2D eigenvalue weighted by atomic mass is 10.3. The summed E-state index contributed by atoms with van der Waals surface area (Å²) in [4.78, 5) is 0. The van der Waals surface area contributed by atoms with Gasteiger partial charge >= 0.3 is 0 Å². The average molecular weight is 399 g/mol. The van der Waals surface area contributed by atoms with E-state index in [0.717, 1.165) is 32.1 Å². The Labute approximate surface area is 124 Å². The summed E-state index contributed by atoms with van der Waals surface area (Å²) in [6, 6.07) is 3.72. The zero-order chi connectivity index (χ0) is 12.4. The topological polar surface area (TPSA) is 47.0 Å². The van der Waals surface area contributed by atoms with E-state index in [2.05, 4.69) is 45.9 Å². The SMILES string of the molecule is COc1cc(Nc2nsnc2Cl)c(Br)cc1Br. The van der Waals surface area contributed by atoms with Gasteiger partial charge in [0, 0.05) is 10.5 Å². The maximum absolute atomic E-state index is 5.87. The Morgan fingerprint density at radius 1 is 1.29 bits per heavy atom. The number of methoxy groups -OCH3 is 1. The molecule has 17 heavy (non-hydrogen) atoms. The molecule has 0 aliphatic heterocycles. The first-order valence-corrected chi connectivity index (χ1v) is 7.09. The second kappa shape index (κ2) is 5.51. The summed E-state index contributed by atoms with van der Waals surface area (Å²) in [6.07, 6.45) is 0. The van der Waals surface area contributed by atoms with Crippen LogP contribution in [0.1, 0.15) is 0 Å². The minimum atomic E-state index is 0.351. The van der Waals surface area contributed by atoms with Gasteiger partial charge in [-0.3, -0.25) is 0 Å². The fourth-order valence-corrected chi connectivity index (χ4v) is 3.06. The lowest BCUT2D eigenvalue weighted by Crippen LogP contribution is -1.94. The van der Waals surface area contributed by atoms with Crippen molar-refractivity contribution in [1.82, 2.24) is 8.75 Å². The molecule has 0 atom stereocenters. The van der Waals surface area contributed by atoms with E-state index in [1.54, 1.807) is 7.11 Å². The van der Waals surface area contributed by atoms with Gasteiger partial charge in [-0.2, -0.15) is 8.75 Å². The van der Waals surface area contributed by atoms with Crippen LogP contribution in [0.4, 0.5) is 11.5 Å². The zero-order valence-corrected chi connectivity index (χ0v) is 13.2. The molecule has 0 amide bonds. The fourth-order valence-electron chi connectivity index (χ4n) is 1.16. The van der Waals surface area contributed by atoms with Crippen LogP contribution in [0.3, 0.4) is 0 Å². The lowest BCUT2D eigenvalue weighted by Gasteiger charge is -2.10. The van der Waals surface area contributed by atoms with Gasteiger partial charge < -0.3 is 10.1 Å². The highest BCUT2D eigenvalue weighted by Gasteiger charge is 2.11. The van der Waals surface area contributed by atoms with E-state index in [1.807, 2.05) is 12.1 Å². The van der Waals surface area contributed by atoms with Gasteiger partial charge in [-0.15, -0.1) is 0 Å². The molecule has 1 aromatic heterocycles. The molecule has 0 radical (unpaired) electrons. The molecule has 0 aliphatic carbocycles. The Morgan fingerprint density at radius 3 is 2.65 bits per heavy atom. The number of aromatic nitrogens is 2. The summed E-state index contributed by atoms with van der Waals surface area (Å²) < 4.78 is 14.9. The molecule has 1 N–H and O–H groups in total. The van der Waals surface area contributed by atoms with E-state index in [0.29, 0.717) is 11.0 Å². The molecule has 0 fully saturated rings. The highest BCUT2D eigenvalue weighted by Crippen LogP contribution is 2.36. The number of ether oxygens (including phenoxy) is 1. The van der Waals surface area contributed by atoms with Gasteiger partial charge in [-0.25, -0.2) is 0 Å². The Kier molecular flexibility index (Phi) is 4.24. The molecule has 90 valence electrons. The molecule has 0 saturated carbocycles. The van der Waals surface area contributed by atoms with Crippen LogP contribution in [-0.2, 0) is 0 Å². The first-order chi connectivity index (χ1) is 8.11. The van der Waals surface area contributed by atoms with Crippen LogP contribution >= 0.6 is 55.2 Å². The number of anilines is 2. The van der Waals surface area contributed by atoms with Gasteiger partial charge in [0.25, 0.3) is 0 Å². The van der Waals surface area contributed by atoms with Crippen LogP contribution in [0.25, 0.3) is 0 Å². The number of benzene rings is 1. The first-order valence-electron chi connectivity index (χ1n) is 4.40. The maximum atomic E-state index is 5.87. The molecule has 1 aromatic carbocycles. The highest BCUT2D eigenvalue weighted by molar-refractivity contribution is 9.11. The zero-order valence-electron chi connectivity index (χ0n) is 8.50. The van der Waals surface area contributed by atoms with Crippen molar-refractivity contribution in [2.75, 3.05) is 12.4 Å². The van der Waals surface area contributed by atoms with Gasteiger partial charge in [0.2, 0.25) is 0 Å². The minimum Gasteiger partial charge on any atom is -0.495 e. The van der Waals surface area contributed by atoms with Crippen LogP contribution in [0, 0.1) is 0 Å². The number of nitrogens with zero attached hydrogens (tertiary/aromatic N) is 2. The third-order valence-electron chi connectivity index (χ3n) is 1.94. The molecule has 2 aromatic rings. The average Bonchev–Trinajstić information content (AvgIpc) is 2.68. The molecule has 0 aliphatic rings. The van der Waals surface area contributed by atoms with Gasteiger partial charge in [0.1, 0.15) is 5.75 Å². The predicted molar refractivity (Wildman–Crippen MR) is 76.6 cm³/mol. The number of halogens is 3. The number of nitrogens with one attached hydrogen (secondary N) is 1. The van der Waals surface area contributed by atoms with Crippen molar-refractivity contribution in [3.05, 3.63) is 26.2 Å². The van der Waals surface area contributed by atoms with E-state index in [1.165, 1.54) is 0 Å². The van der Waals surface area contributed by atoms with E-state index < -0.39 is 0 Å². The Morgan fingerprint density at radius 2 is 2.06 bits per heavy atom. The summed E-state index contributed by atoms with van der Waals surface area (Å²) in [6.45, 7) is 0. The van der Waals surface area contributed by atoms with Crippen molar-refractivity contribution in [2.24, 2.45) is 0 Å². The van der Waals surface area contributed by atoms with Gasteiger partial charge in [-0.1, -0.05) is 11.6 Å². The van der Waals surface area contributed by atoms with Crippen LogP contribution in [0.15, 0.2) is 21.1 Å². The van der Waals surface area contributed by atoms with Crippen LogP contribution in [0.2, 0.25) is 5.15 Å². The molecule has 4 nitrogen and oxygen atoms in total. The summed E-state index contributed by atoms with van der Waals surface area (Å²) in [5, 5.41) is 3.43. The lowest BCUT2D eigenvalue weighted by molar-refractivity contribution is 0.412. The Bertz CT molecular complexity index is 549. The van der Waals surface area contributed by atoms with Crippen LogP contribution in [-0.4, -0.2) is 15.9 Å². The molecule has 8 heteroatoms. The van der Waals surface area contributed by atoms with E-state index in [-0.39, 0.29) is 0 Å². The molecule has 0 unspecified atom stereocenters. The number of hydrogen-bond donors (Lipinski definition) is 1. The highest BCUT2D eigenvalue weighted by atomic mass is 79.9. The number of rotatable bonds is 3. The summed E-state index contributed by atoms with van der Waals surface area (Å²) in [5.41, 5.74) is 0.805. The van der Waals surface area contributed by atoms with Crippen molar-refractivity contribution in [3.8, 4) is 5.75 Å². The molecule has 0 bridgehead atoms. The molecule has 0 saturated heterocycles. The minimum absolute atomic E-state index is 0.351. The maximum Gasteiger partial charge on any atom is 0.187 e. The van der Waals surface area contributed by atoms with E-state index in [9.17, 15) is 0 Å². The monoisotopic (exact) mass is 397 g/mol. The summed E-state index contributed by atoms with van der Waals surface area (Å²) >= 11 is 13.8. The second-order valence-corrected chi connectivity index (χ2v) is 5.59. The standard InChI is InChI=1S/C9H6Br2ClN3OS/c1-16-7-3-6(4(10)2-5(7)11)13-9-8(12)14-17-15-9/h2-3H,1H3,(H,13,15). The molecular weight excluding hydrogens is 393 g/mol. The van der Waals surface area contributed by atoms with E-state index in [4.69, 9.17) is 16.3 Å². The third-order valence-corrected chi connectivity index (χ3v) is 4.11. The Hall–Kier alpha value is -0.370.